The van der Waals surface area contributed by atoms with Gasteiger partial charge in [0.25, 0.3) is 0 Å². The number of aromatic carboxylic acids is 1. The van der Waals surface area contributed by atoms with Gasteiger partial charge in [0.2, 0.25) is 11.2 Å². The number of fused-ring (bicyclic) bond motifs is 1. The second kappa shape index (κ2) is 12.3. The summed E-state index contributed by atoms with van der Waals surface area (Å²) >= 11 is 0. The largest absolute Gasteiger partial charge is 0.545 e. The van der Waals surface area contributed by atoms with Gasteiger partial charge in [0, 0.05) is 30.7 Å². The number of hydrogen-bond acceptors (Lipinski definition) is 9. The van der Waals surface area contributed by atoms with E-state index in [4.69, 9.17) is 18.6 Å². The van der Waals surface area contributed by atoms with Gasteiger partial charge in [-0.15, -0.1) is 0 Å². The van der Waals surface area contributed by atoms with Crippen LogP contribution in [0.5, 0.6) is 11.5 Å². The van der Waals surface area contributed by atoms with Gasteiger partial charge in [0.05, 0.1) is 55.6 Å². The van der Waals surface area contributed by atoms with Crippen LogP contribution in [0.3, 0.4) is 0 Å². The first-order valence-corrected chi connectivity index (χ1v) is 12.1. The molecule has 204 valence electrons. The van der Waals surface area contributed by atoms with E-state index in [0.29, 0.717) is 44.8 Å². The lowest BCUT2D eigenvalue weighted by Crippen LogP contribution is -2.35. The molecular weight excluding hydrogens is 509 g/mol. The third-order valence-corrected chi connectivity index (χ3v) is 6.00. The Bertz CT molecular complexity index is 1320. The fourth-order valence-corrected chi connectivity index (χ4v) is 3.99. The van der Waals surface area contributed by atoms with E-state index >= 15 is 0 Å². The van der Waals surface area contributed by atoms with Gasteiger partial charge in [-0.05, 0) is 37.5 Å². The topological polar surface area (TPSA) is 114 Å². The van der Waals surface area contributed by atoms with Crippen LogP contribution in [0.15, 0.2) is 45.9 Å². The zero-order valence-electron chi connectivity index (χ0n) is 20.4. The van der Waals surface area contributed by atoms with Gasteiger partial charge in [-0.3, -0.25) is 14.7 Å². The molecule has 0 aliphatic carbocycles. The Morgan fingerprint density at radius 1 is 1.08 bits per heavy atom. The van der Waals surface area contributed by atoms with Crippen molar-refractivity contribution in [2.75, 3.05) is 39.5 Å². The second-order valence-electron chi connectivity index (χ2n) is 8.74. The van der Waals surface area contributed by atoms with Crippen LogP contribution in [-0.4, -0.2) is 55.4 Å². The minimum absolute atomic E-state index is 0.0389. The lowest BCUT2D eigenvalue weighted by molar-refractivity contribution is -0.255. The highest BCUT2D eigenvalue weighted by Crippen LogP contribution is 2.34. The number of nitrogens with zero attached hydrogens (tertiary/aromatic N) is 2. The lowest BCUT2D eigenvalue weighted by atomic mass is 10.1. The number of pyridine rings is 1. The molecular formula is C26H26F3N2O7-. The first-order valence-electron chi connectivity index (χ1n) is 12.1. The molecule has 0 atom stereocenters. The normalized spacial score (nSPS) is 14.5. The Hall–Kier alpha value is -3.64. The molecule has 0 unspecified atom stereocenters. The van der Waals surface area contributed by atoms with Crippen molar-refractivity contribution in [2.24, 2.45) is 0 Å². The number of morpholine rings is 1. The summed E-state index contributed by atoms with van der Waals surface area (Å²) in [6, 6.07) is 4.24. The maximum Gasteiger partial charge on any atom is 0.416 e. The average molecular weight is 535 g/mol. The van der Waals surface area contributed by atoms with Crippen LogP contribution in [0.4, 0.5) is 13.2 Å². The highest BCUT2D eigenvalue weighted by molar-refractivity contribution is 5.98. The highest BCUT2D eigenvalue weighted by atomic mass is 19.4. The number of carboxylic acid groups (broad SMARTS) is 1. The molecule has 1 aliphatic heterocycles. The molecule has 0 bridgehead atoms. The number of unbranched alkanes of at least 4 members (excludes halogenated alkanes) is 2. The van der Waals surface area contributed by atoms with E-state index < -0.39 is 17.7 Å². The summed E-state index contributed by atoms with van der Waals surface area (Å²) in [7, 11) is 0. The summed E-state index contributed by atoms with van der Waals surface area (Å²) < 4.78 is 61.0. The molecule has 0 radical (unpaired) electrons. The van der Waals surface area contributed by atoms with E-state index in [0.717, 1.165) is 37.5 Å². The summed E-state index contributed by atoms with van der Waals surface area (Å²) in [5.41, 5.74) is -1.55. The number of aromatic nitrogens is 1. The summed E-state index contributed by atoms with van der Waals surface area (Å²) in [6.45, 7) is 3.74. The molecule has 12 heteroatoms. The minimum Gasteiger partial charge on any atom is -0.545 e. The summed E-state index contributed by atoms with van der Waals surface area (Å²) in [5.74, 6) is -0.963. The molecule has 0 saturated carbocycles. The smallest absolute Gasteiger partial charge is 0.416 e. The Balaban J connectivity index is 1.26. The van der Waals surface area contributed by atoms with Crippen LogP contribution in [0.1, 0.15) is 40.9 Å². The maximum absolute atomic E-state index is 13.0. The molecule has 4 rings (SSSR count). The Kier molecular flexibility index (Phi) is 8.85. The van der Waals surface area contributed by atoms with E-state index in [1.54, 1.807) is 0 Å². The molecule has 9 nitrogen and oxygen atoms in total. The Labute approximate surface area is 215 Å². The van der Waals surface area contributed by atoms with Crippen molar-refractivity contribution in [1.29, 1.82) is 0 Å². The molecule has 0 amide bonds. The molecule has 3 aromatic rings. The first-order chi connectivity index (χ1) is 18.2. The zero-order valence-corrected chi connectivity index (χ0v) is 20.4. The van der Waals surface area contributed by atoms with Gasteiger partial charge < -0.3 is 28.5 Å². The maximum atomic E-state index is 13.0. The van der Waals surface area contributed by atoms with Crippen LogP contribution in [0.25, 0.3) is 10.9 Å². The highest BCUT2D eigenvalue weighted by Gasteiger charge is 2.31. The molecule has 38 heavy (non-hydrogen) atoms. The molecule has 1 aliphatic rings. The monoisotopic (exact) mass is 535 g/mol. The molecule has 1 aromatic carbocycles. The van der Waals surface area contributed by atoms with Crippen LogP contribution in [-0.2, 0) is 17.5 Å². The van der Waals surface area contributed by atoms with Gasteiger partial charge in [-0.1, -0.05) is 0 Å². The van der Waals surface area contributed by atoms with Crippen molar-refractivity contribution >= 4 is 16.9 Å². The molecule has 1 fully saturated rings. The van der Waals surface area contributed by atoms with Gasteiger partial charge in [-0.2, -0.15) is 13.2 Å². The number of halogens is 3. The first kappa shape index (κ1) is 27.4. The number of ether oxygens (including phenoxy) is 3. The van der Waals surface area contributed by atoms with Gasteiger partial charge in [0.15, 0.2) is 0 Å². The van der Waals surface area contributed by atoms with Crippen LogP contribution >= 0.6 is 0 Å². The molecule has 0 spiro atoms. The second-order valence-corrected chi connectivity index (χ2v) is 8.74. The molecule has 3 heterocycles. The van der Waals surface area contributed by atoms with Crippen LogP contribution in [0.2, 0.25) is 0 Å². The number of carboxylic acids is 1. The minimum atomic E-state index is -4.56. The predicted octanol–water partition coefficient (Wildman–Crippen LogP) is 3.03. The molecule has 2 aromatic heterocycles. The van der Waals surface area contributed by atoms with E-state index in [9.17, 15) is 27.9 Å². The van der Waals surface area contributed by atoms with Crippen molar-refractivity contribution in [2.45, 2.75) is 32.0 Å². The summed E-state index contributed by atoms with van der Waals surface area (Å²) in [4.78, 5) is 29.7. The Morgan fingerprint density at radius 3 is 2.50 bits per heavy atom. The van der Waals surface area contributed by atoms with Crippen LogP contribution in [0, 0.1) is 0 Å². The number of rotatable bonds is 11. The number of hydrogen-bond donors (Lipinski definition) is 0. The van der Waals surface area contributed by atoms with Crippen molar-refractivity contribution in [1.82, 2.24) is 9.88 Å². The lowest BCUT2D eigenvalue weighted by Gasteiger charge is -2.25. The average Bonchev–Trinajstić information content (AvgIpc) is 2.88. The number of carbonyl (C=O) groups is 1. The fraction of sp³-hybridized carbons (Fsp3) is 0.423. The SMILES string of the molecule is O=C([O-])c1cnc2cc(C(F)(F)F)ccc2c1OCCCCCOc1coc(CN2CCOCC2)cc1=O. The Morgan fingerprint density at radius 2 is 1.82 bits per heavy atom. The van der Waals surface area contributed by atoms with Gasteiger partial charge in [-0.25, -0.2) is 0 Å². The number of benzene rings is 1. The number of carbonyl (C=O) groups excluding carboxylic acids is 1. The quantitative estimate of drug-likeness (QED) is 0.342. The van der Waals surface area contributed by atoms with Crippen molar-refractivity contribution < 1.29 is 41.7 Å². The van der Waals surface area contributed by atoms with Crippen LogP contribution < -0.4 is 20.0 Å². The summed E-state index contributed by atoms with van der Waals surface area (Å²) in [5, 5.41) is 11.6. The molecule has 0 N–H and O–H groups in total. The van der Waals surface area contributed by atoms with Crippen molar-refractivity contribution in [3.63, 3.8) is 0 Å². The van der Waals surface area contributed by atoms with Crippen molar-refractivity contribution in [3.05, 3.63) is 63.8 Å². The third-order valence-electron chi connectivity index (χ3n) is 6.00. The van der Waals surface area contributed by atoms with E-state index in [1.165, 1.54) is 12.3 Å². The van der Waals surface area contributed by atoms with Crippen molar-refractivity contribution in [3.8, 4) is 11.5 Å². The van der Waals surface area contributed by atoms with Gasteiger partial charge in [0.1, 0.15) is 17.8 Å². The van der Waals surface area contributed by atoms with Gasteiger partial charge >= 0.3 is 6.18 Å². The zero-order chi connectivity index (χ0) is 27.1. The fourth-order valence-electron chi connectivity index (χ4n) is 3.99. The van der Waals surface area contributed by atoms with E-state index in [2.05, 4.69) is 9.88 Å². The number of alkyl halides is 3. The predicted molar refractivity (Wildman–Crippen MR) is 127 cm³/mol. The summed E-state index contributed by atoms with van der Waals surface area (Å²) in [6.07, 6.45) is -0.606. The standard InChI is InChI=1S/C26H27F3N2O7/c27-26(28,29)17-4-5-19-21(12-17)30-14-20(25(33)34)24(19)37-9-3-1-2-8-36-23-16-38-18(13-22(23)32)15-31-6-10-35-11-7-31/h4-5,12-14,16H,1-3,6-11,15H2,(H,33,34)/p-1. The third kappa shape index (κ3) is 7.01. The van der Waals surface area contributed by atoms with E-state index in [-0.39, 0.29) is 46.6 Å². The molecule has 1 saturated heterocycles. The van der Waals surface area contributed by atoms with E-state index in [1.807, 2.05) is 0 Å².